The van der Waals surface area contributed by atoms with Gasteiger partial charge >= 0.3 is 0 Å². The highest BCUT2D eigenvalue weighted by atomic mass is 16.5. The predicted octanol–water partition coefficient (Wildman–Crippen LogP) is 3.82. The fraction of sp³-hybridized carbons (Fsp3) is 0.455. The topological polar surface area (TPSA) is 65.7 Å². The van der Waals surface area contributed by atoms with E-state index in [0.29, 0.717) is 19.0 Å². The second-order valence-corrected chi connectivity index (χ2v) is 7.05. The van der Waals surface area contributed by atoms with Gasteiger partial charge in [0.1, 0.15) is 0 Å². The van der Waals surface area contributed by atoms with Crippen molar-refractivity contribution in [3.05, 3.63) is 59.5 Å². The van der Waals surface area contributed by atoms with Crippen LogP contribution in [0.4, 0.5) is 5.69 Å². The molecule has 1 aliphatic rings. The monoisotopic (exact) mass is 381 g/mol. The molecule has 2 aromatic rings. The van der Waals surface area contributed by atoms with Crippen LogP contribution in [0, 0.1) is 0 Å². The molecular formula is C22H31N5O. The van der Waals surface area contributed by atoms with E-state index in [1.807, 2.05) is 6.07 Å². The van der Waals surface area contributed by atoms with Gasteiger partial charge in [-0.25, -0.2) is 0 Å². The van der Waals surface area contributed by atoms with Gasteiger partial charge in [-0.3, -0.25) is 4.99 Å². The lowest BCUT2D eigenvalue weighted by molar-refractivity contribution is 0.368. The molecule has 6 nitrogen and oxygen atoms in total. The van der Waals surface area contributed by atoms with Crippen LogP contribution in [-0.4, -0.2) is 31.3 Å². The van der Waals surface area contributed by atoms with E-state index in [4.69, 9.17) is 4.52 Å². The summed E-state index contributed by atoms with van der Waals surface area (Å²) in [7, 11) is 1.77. The van der Waals surface area contributed by atoms with E-state index in [-0.39, 0.29) is 0 Å². The van der Waals surface area contributed by atoms with Crippen LogP contribution in [0.15, 0.2) is 52.0 Å². The third-order valence-electron chi connectivity index (χ3n) is 5.21. The van der Waals surface area contributed by atoms with Crippen LogP contribution in [0.1, 0.15) is 49.6 Å². The highest BCUT2D eigenvalue weighted by Gasteiger charge is 2.13. The Morgan fingerprint density at radius 2 is 1.79 bits per heavy atom. The molecule has 3 rings (SSSR count). The Bertz CT molecular complexity index is 782. The van der Waals surface area contributed by atoms with Crippen molar-refractivity contribution in [3.8, 4) is 0 Å². The van der Waals surface area contributed by atoms with Gasteiger partial charge in [0.25, 0.3) is 0 Å². The molecule has 2 N–H and O–H groups in total. The van der Waals surface area contributed by atoms with E-state index in [1.165, 1.54) is 11.3 Å². The number of guanidine groups is 1. The third kappa shape index (κ3) is 5.15. The Morgan fingerprint density at radius 1 is 1.11 bits per heavy atom. The molecule has 1 aliphatic heterocycles. The lowest BCUT2D eigenvalue weighted by Gasteiger charge is -2.18. The standard InChI is InChI=1S/C22H31N5O/c1-4-18(5-2)21-14-20(28-26-21)16-25-22(23-3)24-15-17-8-10-19(11-9-17)27-12-6-7-13-27/h6-11,14,18H,4-5,12-13,15-16H2,1-3H3,(H2,23,24,25). The van der Waals surface area contributed by atoms with E-state index in [1.54, 1.807) is 7.05 Å². The Kier molecular flexibility index (Phi) is 7.12. The summed E-state index contributed by atoms with van der Waals surface area (Å²) < 4.78 is 5.46. The molecule has 6 heteroatoms. The summed E-state index contributed by atoms with van der Waals surface area (Å²) in [4.78, 5) is 6.63. The van der Waals surface area contributed by atoms with Crippen molar-refractivity contribution in [1.29, 1.82) is 0 Å². The molecule has 0 fully saturated rings. The first-order valence-corrected chi connectivity index (χ1v) is 10.1. The molecule has 150 valence electrons. The Hall–Kier alpha value is -2.76. The summed E-state index contributed by atoms with van der Waals surface area (Å²) >= 11 is 0. The highest BCUT2D eigenvalue weighted by Crippen LogP contribution is 2.22. The van der Waals surface area contributed by atoms with Crippen molar-refractivity contribution in [2.75, 3.05) is 25.0 Å². The van der Waals surface area contributed by atoms with Gasteiger partial charge in [-0.05, 0) is 30.5 Å². The van der Waals surface area contributed by atoms with Crippen LogP contribution >= 0.6 is 0 Å². The lowest BCUT2D eigenvalue weighted by Crippen LogP contribution is -2.36. The van der Waals surface area contributed by atoms with Crippen LogP contribution in [0.2, 0.25) is 0 Å². The van der Waals surface area contributed by atoms with E-state index in [0.717, 1.165) is 43.3 Å². The molecule has 0 saturated heterocycles. The molecule has 0 saturated carbocycles. The van der Waals surface area contributed by atoms with Gasteiger partial charge in [-0.15, -0.1) is 0 Å². The SMILES string of the molecule is CCC(CC)c1cc(CNC(=NC)NCc2ccc(N3CC=CC3)cc2)on1. The van der Waals surface area contributed by atoms with E-state index < -0.39 is 0 Å². The first kappa shape index (κ1) is 20.0. The van der Waals surface area contributed by atoms with Gasteiger partial charge in [0, 0.05) is 44.4 Å². The second kappa shape index (κ2) is 9.97. The smallest absolute Gasteiger partial charge is 0.191 e. The van der Waals surface area contributed by atoms with Gasteiger partial charge < -0.3 is 20.1 Å². The Balaban J connectivity index is 1.47. The molecule has 28 heavy (non-hydrogen) atoms. The number of nitrogens with one attached hydrogen (secondary N) is 2. The maximum Gasteiger partial charge on any atom is 0.191 e. The molecule has 0 unspecified atom stereocenters. The fourth-order valence-corrected chi connectivity index (χ4v) is 3.40. The number of nitrogens with zero attached hydrogens (tertiary/aromatic N) is 3. The minimum absolute atomic E-state index is 0.467. The van der Waals surface area contributed by atoms with Gasteiger partial charge in [0.15, 0.2) is 11.7 Å². The van der Waals surface area contributed by atoms with Crippen molar-refractivity contribution in [1.82, 2.24) is 15.8 Å². The highest BCUT2D eigenvalue weighted by molar-refractivity contribution is 5.79. The quantitative estimate of drug-likeness (QED) is 0.413. The van der Waals surface area contributed by atoms with Crippen LogP contribution in [0.25, 0.3) is 0 Å². The number of rotatable bonds is 8. The Morgan fingerprint density at radius 3 is 2.43 bits per heavy atom. The maximum absolute atomic E-state index is 5.46. The molecule has 0 bridgehead atoms. The molecule has 0 radical (unpaired) electrons. The maximum atomic E-state index is 5.46. The lowest BCUT2D eigenvalue weighted by atomic mass is 9.99. The number of aromatic nitrogens is 1. The second-order valence-electron chi connectivity index (χ2n) is 7.05. The first-order chi connectivity index (χ1) is 13.7. The average molecular weight is 382 g/mol. The third-order valence-corrected chi connectivity index (χ3v) is 5.21. The van der Waals surface area contributed by atoms with Crippen LogP contribution in [0.5, 0.6) is 0 Å². The van der Waals surface area contributed by atoms with Gasteiger partial charge in [0.05, 0.1) is 12.2 Å². The summed E-state index contributed by atoms with van der Waals surface area (Å²) in [5.74, 6) is 2.04. The molecule has 0 atom stereocenters. The summed E-state index contributed by atoms with van der Waals surface area (Å²) in [5.41, 5.74) is 3.52. The normalized spacial score (nSPS) is 14.1. The number of benzene rings is 1. The minimum Gasteiger partial charge on any atom is -0.364 e. The summed E-state index contributed by atoms with van der Waals surface area (Å²) in [5, 5.41) is 10.8. The number of aliphatic imine (C=N–C) groups is 1. The van der Waals surface area contributed by atoms with Crippen LogP contribution in [0.3, 0.4) is 0 Å². The number of hydrogen-bond acceptors (Lipinski definition) is 4. The van der Waals surface area contributed by atoms with Crippen LogP contribution < -0.4 is 15.5 Å². The van der Waals surface area contributed by atoms with Crippen molar-refractivity contribution < 1.29 is 4.52 Å². The van der Waals surface area contributed by atoms with Crippen LogP contribution in [-0.2, 0) is 13.1 Å². The molecule has 0 amide bonds. The summed E-state index contributed by atoms with van der Waals surface area (Å²) in [6.07, 6.45) is 6.55. The molecule has 1 aromatic carbocycles. The zero-order valence-electron chi connectivity index (χ0n) is 17.1. The summed E-state index contributed by atoms with van der Waals surface area (Å²) in [6, 6.07) is 10.7. The Labute approximate surface area is 167 Å². The minimum atomic E-state index is 0.467. The first-order valence-electron chi connectivity index (χ1n) is 10.1. The predicted molar refractivity (Wildman–Crippen MR) is 115 cm³/mol. The van der Waals surface area contributed by atoms with E-state index in [9.17, 15) is 0 Å². The number of hydrogen-bond donors (Lipinski definition) is 2. The molecule has 0 spiro atoms. The van der Waals surface area contributed by atoms with Gasteiger partial charge in [-0.1, -0.05) is 43.3 Å². The fourth-order valence-electron chi connectivity index (χ4n) is 3.40. The van der Waals surface area contributed by atoms with Crippen molar-refractivity contribution >= 4 is 11.6 Å². The molecular weight excluding hydrogens is 350 g/mol. The summed E-state index contributed by atoms with van der Waals surface area (Å²) in [6.45, 7) is 7.63. The number of anilines is 1. The molecule has 2 heterocycles. The average Bonchev–Trinajstić information content (AvgIpc) is 3.42. The van der Waals surface area contributed by atoms with E-state index in [2.05, 4.69) is 75.9 Å². The van der Waals surface area contributed by atoms with Crippen molar-refractivity contribution in [2.45, 2.75) is 45.7 Å². The van der Waals surface area contributed by atoms with Gasteiger partial charge in [0.2, 0.25) is 0 Å². The van der Waals surface area contributed by atoms with Crippen molar-refractivity contribution in [2.24, 2.45) is 4.99 Å². The van der Waals surface area contributed by atoms with E-state index >= 15 is 0 Å². The zero-order chi connectivity index (χ0) is 19.8. The van der Waals surface area contributed by atoms with Gasteiger partial charge in [-0.2, -0.15) is 0 Å². The zero-order valence-corrected chi connectivity index (χ0v) is 17.1. The molecule has 1 aromatic heterocycles. The largest absolute Gasteiger partial charge is 0.364 e. The van der Waals surface area contributed by atoms with Crippen molar-refractivity contribution in [3.63, 3.8) is 0 Å². The molecule has 0 aliphatic carbocycles.